The molecular weight excluding hydrogens is 314 g/mol. The van der Waals surface area contributed by atoms with E-state index in [1.54, 1.807) is 0 Å². The molecule has 0 spiro atoms. The van der Waals surface area contributed by atoms with Gasteiger partial charge in [0.05, 0.1) is 11.2 Å². The van der Waals surface area contributed by atoms with Gasteiger partial charge in [-0.1, -0.05) is 53.2 Å². The van der Waals surface area contributed by atoms with Crippen LogP contribution in [0.5, 0.6) is 0 Å². The SMILES string of the molecule is CCC(c1ccccc1)c1nc2c(N)cc(Br)cc2[nH]1. The van der Waals surface area contributed by atoms with Crippen LogP contribution in [0.3, 0.4) is 0 Å². The molecule has 1 atom stereocenters. The van der Waals surface area contributed by atoms with Gasteiger partial charge >= 0.3 is 0 Å². The zero-order chi connectivity index (χ0) is 14.1. The number of aromatic nitrogens is 2. The van der Waals surface area contributed by atoms with Gasteiger partial charge in [-0.2, -0.15) is 0 Å². The highest BCUT2D eigenvalue weighted by Crippen LogP contribution is 2.30. The Balaban J connectivity index is 2.11. The number of fused-ring (bicyclic) bond motifs is 1. The highest BCUT2D eigenvalue weighted by molar-refractivity contribution is 9.10. The van der Waals surface area contributed by atoms with Crippen molar-refractivity contribution in [2.24, 2.45) is 0 Å². The Hall–Kier alpha value is -1.81. The van der Waals surface area contributed by atoms with Crippen molar-refractivity contribution in [1.82, 2.24) is 9.97 Å². The number of anilines is 1. The first-order valence-electron chi connectivity index (χ1n) is 6.68. The van der Waals surface area contributed by atoms with E-state index in [2.05, 4.69) is 52.1 Å². The number of nitrogens with zero attached hydrogens (tertiary/aromatic N) is 1. The van der Waals surface area contributed by atoms with E-state index in [1.807, 2.05) is 18.2 Å². The quantitative estimate of drug-likeness (QED) is 0.697. The summed E-state index contributed by atoms with van der Waals surface area (Å²) in [6, 6.07) is 14.3. The number of H-pyrrole nitrogens is 1. The minimum absolute atomic E-state index is 0.266. The third-order valence-electron chi connectivity index (χ3n) is 3.54. The van der Waals surface area contributed by atoms with E-state index in [0.29, 0.717) is 5.69 Å². The van der Waals surface area contributed by atoms with E-state index in [4.69, 9.17) is 10.7 Å². The molecule has 2 aromatic carbocycles. The minimum Gasteiger partial charge on any atom is -0.397 e. The van der Waals surface area contributed by atoms with Gasteiger partial charge in [-0.25, -0.2) is 4.98 Å². The van der Waals surface area contributed by atoms with Crippen LogP contribution in [0.4, 0.5) is 5.69 Å². The molecular formula is C16H16BrN3. The molecule has 3 nitrogen and oxygen atoms in total. The van der Waals surface area contributed by atoms with Crippen molar-refractivity contribution in [3.63, 3.8) is 0 Å². The highest BCUT2D eigenvalue weighted by atomic mass is 79.9. The van der Waals surface area contributed by atoms with E-state index >= 15 is 0 Å². The number of halogens is 1. The van der Waals surface area contributed by atoms with E-state index in [9.17, 15) is 0 Å². The predicted octanol–water partition coefficient (Wildman–Crippen LogP) is 4.45. The molecule has 0 fully saturated rings. The third kappa shape index (κ3) is 2.31. The second kappa shape index (κ2) is 5.29. The molecule has 20 heavy (non-hydrogen) atoms. The zero-order valence-corrected chi connectivity index (χ0v) is 12.8. The van der Waals surface area contributed by atoms with Gasteiger partial charge < -0.3 is 10.7 Å². The van der Waals surface area contributed by atoms with Crippen LogP contribution < -0.4 is 5.73 Å². The van der Waals surface area contributed by atoms with Crippen LogP contribution in [0.1, 0.15) is 30.7 Å². The predicted molar refractivity (Wildman–Crippen MR) is 86.8 cm³/mol. The van der Waals surface area contributed by atoms with E-state index in [0.717, 1.165) is 27.8 Å². The molecule has 4 heteroatoms. The lowest BCUT2D eigenvalue weighted by Crippen LogP contribution is -2.01. The second-order valence-electron chi connectivity index (χ2n) is 4.88. The van der Waals surface area contributed by atoms with Crippen molar-refractivity contribution in [1.29, 1.82) is 0 Å². The Labute approximate surface area is 126 Å². The summed E-state index contributed by atoms with van der Waals surface area (Å²) >= 11 is 3.46. The first-order valence-corrected chi connectivity index (χ1v) is 7.48. The van der Waals surface area contributed by atoms with Gasteiger partial charge in [0.15, 0.2) is 0 Å². The average molecular weight is 330 g/mol. The van der Waals surface area contributed by atoms with Crippen molar-refractivity contribution in [3.05, 3.63) is 58.3 Å². The summed E-state index contributed by atoms with van der Waals surface area (Å²) in [4.78, 5) is 8.11. The number of hydrogen-bond donors (Lipinski definition) is 2. The number of aromatic amines is 1. The first kappa shape index (κ1) is 13.2. The summed E-state index contributed by atoms with van der Waals surface area (Å²) in [7, 11) is 0. The van der Waals surface area contributed by atoms with Crippen LogP contribution in [0.15, 0.2) is 46.9 Å². The van der Waals surface area contributed by atoms with Crippen molar-refractivity contribution >= 4 is 32.7 Å². The monoisotopic (exact) mass is 329 g/mol. The molecule has 3 aromatic rings. The standard InChI is InChI=1S/C16H16BrN3/c1-2-12(10-6-4-3-5-7-10)16-19-14-9-11(17)8-13(18)15(14)20-16/h3-9,12H,2,18H2,1H3,(H,19,20). The second-order valence-corrected chi connectivity index (χ2v) is 5.80. The van der Waals surface area contributed by atoms with Gasteiger partial charge in [0.2, 0.25) is 0 Å². The fourth-order valence-electron chi connectivity index (χ4n) is 2.56. The van der Waals surface area contributed by atoms with Crippen LogP contribution in [-0.4, -0.2) is 9.97 Å². The lowest BCUT2D eigenvalue weighted by atomic mass is 9.96. The maximum Gasteiger partial charge on any atom is 0.114 e. The molecule has 0 aliphatic rings. The van der Waals surface area contributed by atoms with Gasteiger partial charge in [-0.15, -0.1) is 0 Å². The average Bonchev–Trinajstić information content (AvgIpc) is 2.84. The summed E-state index contributed by atoms with van der Waals surface area (Å²) in [6.45, 7) is 2.17. The largest absolute Gasteiger partial charge is 0.397 e. The number of benzene rings is 2. The van der Waals surface area contributed by atoms with Gasteiger partial charge in [0, 0.05) is 10.4 Å². The molecule has 1 heterocycles. The van der Waals surface area contributed by atoms with Crippen LogP contribution in [0.25, 0.3) is 11.0 Å². The van der Waals surface area contributed by atoms with E-state index < -0.39 is 0 Å². The normalized spacial score (nSPS) is 12.7. The molecule has 1 unspecified atom stereocenters. The smallest absolute Gasteiger partial charge is 0.114 e. The van der Waals surface area contributed by atoms with Crippen LogP contribution >= 0.6 is 15.9 Å². The Morgan fingerprint density at radius 1 is 1.25 bits per heavy atom. The van der Waals surface area contributed by atoms with Crippen molar-refractivity contribution in [3.8, 4) is 0 Å². The van der Waals surface area contributed by atoms with Gasteiger partial charge in [0.1, 0.15) is 11.3 Å². The van der Waals surface area contributed by atoms with Crippen molar-refractivity contribution in [2.75, 3.05) is 5.73 Å². The Morgan fingerprint density at radius 3 is 2.70 bits per heavy atom. The van der Waals surface area contributed by atoms with Crippen LogP contribution in [-0.2, 0) is 0 Å². The fourth-order valence-corrected chi connectivity index (χ4v) is 3.04. The molecule has 0 saturated carbocycles. The molecule has 102 valence electrons. The van der Waals surface area contributed by atoms with E-state index in [-0.39, 0.29) is 5.92 Å². The number of nitrogen functional groups attached to an aromatic ring is 1. The van der Waals surface area contributed by atoms with Crippen LogP contribution in [0.2, 0.25) is 0 Å². The van der Waals surface area contributed by atoms with Crippen LogP contribution in [0, 0.1) is 0 Å². The lowest BCUT2D eigenvalue weighted by molar-refractivity contribution is 0.732. The lowest BCUT2D eigenvalue weighted by Gasteiger charge is -2.12. The zero-order valence-electron chi connectivity index (χ0n) is 11.2. The molecule has 0 amide bonds. The maximum absolute atomic E-state index is 6.04. The van der Waals surface area contributed by atoms with Gasteiger partial charge in [-0.3, -0.25) is 0 Å². The summed E-state index contributed by atoms with van der Waals surface area (Å²) in [5.41, 5.74) is 9.82. The molecule has 0 bridgehead atoms. The molecule has 0 radical (unpaired) electrons. The number of nitrogens with two attached hydrogens (primary N) is 1. The fraction of sp³-hybridized carbons (Fsp3) is 0.188. The third-order valence-corrected chi connectivity index (χ3v) is 4.00. The number of hydrogen-bond acceptors (Lipinski definition) is 2. The Morgan fingerprint density at radius 2 is 2.00 bits per heavy atom. The summed E-state index contributed by atoms with van der Waals surface area (Å²) in [5, 5.41) is 0. The molecule has 0 aliphatic carbocycles. The van der Waals surface area contributed by atoms with Gasteiger partial charge in [-0.05, 0) is 24.1 Å². The first-order chi connectivity index (χ1) is 9.69. The van der Waals surface area contributed by atoms with E-state index in [1.165, 1.54) is 5.56 Å². The molecule has 1 aromatic heterocycles. The number of imidazole rings is 1. The number of nitrogens with one attached hydrogen (secondary N) is 1. The summed E-state index contributed by atoms with van der Waals surface area (Å²) in [6.07, 6.45) is 0.991. The molecule has 3 N–H and O–H groups in total. The molecule has 0 saturated heterocycles. The Bertz CT molecular complexity index is 734. The highest BCUT2D eigenvalue weighted by Gasteiger charge is 2.17. The van der Waals surface area contributed by atoms with Gasteiger partial charge in [0.25, 0.3) is 0 Å². The summed E-state index contributed by atoms with van der Waals surface area (Å²) in [5.74, 6) is 1.24. The molecule has 0 aliphatic heterocycles. The maximum atomic E-state index is 6.04. The number of rotatable bonds is 3. The summed E-state index contributed by atoms with van der Waals surface area (Å²) < 4.78 is 0.963. The van der Waals surface area contributed by atoms with Crippen molar-refractivity contribution in [2.45, 2.75) is 19.3 Å². The topological polar surface area (TPSA) is 54.7 Å². The minimum atomic E-state index is 0.266. The van der Waals surface area contributed by atoms with Crippen molar-refractivity contribution < 1.29 is 0 Å². The Kier molecular flexibility index (Phi) is 3.49. The molecule has 3 rings (SSSR count).